The zero-order valence-corrected chi connectivity index (χ0v) is 16.9. The number of hydrogen-bond donors (Lipinski definition) is 2. The first-order valence-electron chi connectivity index (χ1n) is 9.80. The van der Waals surface area contributed by atoms with Crippen LogP contribution in [0.25, 0.3) is 0 Å². The van der Waals surface area contributed by atoms with Crippen LogP contribution >= 0.6 is 0 Å². The van der Waals surface area contributed by atoms with Crippen molar-refractivity contribution in [2.45, 2.75) is 6.61 Å². The highest BCUT2D eigenvalue weighted by Gasteiger charge is 2.10. The molecule has 0 fully saturated rings. The molecule has 4 aromatic rings. The van der Waals surface area contributed by atoms with Crippen molar-refractivity contribution < 1.29 is 23.1 Å². The third-order valence-corrected chi connectivity index (χ3v) is 4.54. The molecule has 0 aliphatic rings. The van der Waals surface area contributed by atoms with E-state index in [0.29, 0.717) is 28.3 Å². The van der Waals surface area contributed by atoms with E-state index in [1.165, 1.54) is 18.4 Å². The lowest BCUT2D eigenvalue weighted by Gasteiger charge is -2.10. The number of furan rings is 1. The lowest BCUT2D eigenvalue weighted by molar-refractivity contribution is 0.0995. The van der Waals surface area contributed by atoms with Gasteiger partial charge < -0.3 is 19.8 Å². The Balaban J connectivity index is 1.35. The average Bonchev–Trinajstić information content (AvgIpc) is 3.34. The molecule has 3 aromatic carbocycles. The van der Waals surface area contributed by atoms with E-state index in [0.717, 1.165) is 0 Å². The van der Waals surface area contributed by atoms with Crippen LogP contribution in [-0.2, 0) is 6.61 Å². The van der Waals surface area contributed by atoms with Gasteiger partial charge in [-0.3, -0.25) is 9.59 Å². The predicted molar refractivity (Wildman–Crippen MR) is 118 cm³/mol. The molecule has 32 heavy (non-hydrogen) atoms. The molecule has 7 heteroatoms. The van der Waals surface area contributed by atoms with Gasteiger partial charge in [-0.1, -0.05) is 18.2 Å². The molecule has 2 amide bonds. The Morgan fingerprint density at radius 1 is 0.812 bits per heavy atom. The first-order chi connectivity index (χ1) is 15.6. The molecular formula is C25H19FN2O4. The van der Waals surface area contributed by atoms with Crippen molar-refractivity contribution >= 4 is 23.2 Å². The molecule has 0 radical (unpaired) electrons. The maximum Gasteiger partial charge on any atom is 0.291 e. The van der Waals surface area contributed by atoms with Gasteiger partial charge in [0.1, 0.15) is 18.2 Å². The minimum Gasteiger partial charge on any atom is -0.489 e. The number of anilines is 2. The summed E-state index contributed by atoms with van der Waals surface area (Å²) in [6.07, 6.45) is 1.42. The van der Waals surface area contributed by atoms with Gasteiger partial charge in [0.15, 0.2) is 5.76 Å². The van der Waals surface area contributed by atoms with Gasteiger partial charge >= 0.3 is 0 Å². The van der Waals surface area contributed by atoms with Crippen LogP contribution in [-0.4, -0.2) is 11.8 Å². The van der Waals surface area contributed by atoms with E-state index in [4.69, 9.17) is 9.15 Å². The average molecular weight is 430 g/mol. The second kappa shape index (κ2) is 9.61. The number of nitrogens with one attached hydrogen (secondary N) is 2. The Kier molecular flexibility index (Phi) is 6.27. The molecule has 0 saturated carbocycles. The molecule has 2 N–H and O–H groups in total. The van der Waals surface area contributed by atoms with Crippen LogP contribution in [0, 0.1) is 5.82 Å². The summed E-state index contributed by atoms with van der Waals surface area (Å²) in [4.78, 5) is 24.6. The van der Waals surface area contributed by atoms with Gasteiger partial charge in [-0.15, -0.1) is 0 Å². The van der Waals surface area contributed by atoms with Gasteiger partial charge in [0.25, 0.3) is 11.8 Å². The zero-order valence-electron chi connectivity index (χ0n) is 16.9. The summed E-state index contributed by atoms with van der Waals surface area (Å²) < 4.78 is 24.0. The molecule has 1 aromatic heterocycles. The van der Waals surface area contributed by atoms with E-state index in [1.54, 1.807) is 72.8 Å². The summed E-state index contributed by atoms with van der Waals surface area (Å²) >= 11 is 0. The van der Waals surface area contributed by atoms with Crippen LogP contribution < -0.4 is 15.4 Å². The molecule has 6 nitrogen and oxygen atoms in total. The van der Waals surface area contributed by atoms with E-state index in [1.807, 2.05) is 0 Å². The molecule has 0 atom stereocenters. The summed E-state index contributed by atoms with van der Waals surface area (Å²) in [6.45, 7) is 0.209. The van der Waals surface area contributed by atoms with Crippen LogP contribution in [0.1, 0.15) is 26.5 Å². The van der Waals surface area contributed by atoms with Gasteiger partial charge in [-0.25, -0.2) is 4.39 Å². The van der Waals surface area contributed by atoms with Crippen LogP contribution in [0.3, 0.4) is 0 Å². The summed E-state index contributed by atoms with van der Waals surface area (Å²) in [7, 11) is 0. The molecule has 0 bridgehead atoms. The molecule has 160 valence electrons. The van der Waals surface area contributed by atoms with E-state index >= 15 is 0 Å². The highest BCUT2D eigenvalue weighted by molar-refractivity contribution is 6.05. The van der Waals surface area contributed by atoms with Gasteiger partial charge in [-0.05, 0) is 66.2 Å². The van der Waals surface area contributed by atoms with Crippen molar-refractivity contribution in [3.8, 4) is 5.75 Å². The first-order valence-corrected chi connectivity index (χ1v) is 9.80. The van der Waals surface area contributed by atoms with E-state index in [2.05, 4.69) is 10.6 Å². The number of amides is 2. The Morgan fingerprint density at radius 2 is 1.59 bits per heavy atom. The van der Waals surface area contributed by atoms with E-state index in [9.17, 15) is 14.0 Å². The highest BCUT2D eigenvalue weighted by Crippen LogP contribution is 2.20. The Bertz CT molecular complexity index is 1220. The minimum absolute atomic E-state index is 0.200. The van der Waals surface area contributed by atoms with Gasteiger partial charge in [-0.2, -0.15) is 0 Å². The fourth-order valence-electron chi connectivity index (χ4n) is 2.97. The number of rotatable bonds is 7. The van der Waals surface area contributed by atoms with Crippen LogP contribution in [0.15, 0.2) is 95.6 Å². The largest absolute Gasteiger partial charge is 0.489 e. The maximum absolute atomic E-state index is 13.3. The van der Waals surface area contributed by atoms with Crippen LogP contribution in [0.2, 0.25) is 0 Å². The van der Waals surface area contributed by atoms with Crippen LogP contribution in [0.5, 0.6) is 5.75 Å². The van der Waals surface area contributed by atoms with E-state index in [-0.39, 0.29) is 30.0 Å². The van der Waals surface area contributed by atoms with Crippen LogP contribution in [0.4, 0.5) is 15.8 Å². The fraction of sp³-hybridized carbons (Fsp3) is 0.0400. The van der Waals surface area contributed by atoms with Crippen molar-refractivity contribution in [3.63, 3.8) is 0 Å². The smallest absolute Gasteiger partial charge is 0.291 e. The third-order valence-electron chi connectivity index (χ3n) is 4.54. The summed E-state index contributed by atoms with van der Waals surface area (Å²) in [5, 5.41) is 5.50. The Hall–Kier alpha value is -4.39. The monoisotopic (exact) mass is 430 g/mol. The quantitative estimate of drug-likeness (QED) is 0.406. The highest BCUT2D eigenvalue weighted by atomic mass is 19.1. The Morgan fingerprint density at radius 3 is 2.34 bits per heavy atom. The lowest BCUT2D eigenvalue weighted by atomic mass is 10.2. The topological polar surface area (TPSA) is 80.6 Å². The molecule has 0 unspecified atom stereocenters. The molecule has 0 spiro atoms. The normalized spacial score (nSPS) is 10.4. The number of benzene rings is 3. The molecule has 0 saturated heterocycles. The first kappa shape index (κ1) is 20.9. The number of carbonyl (C=O) groups excluding carboxylic acids is 2. The summed E-state index contributed by atoms with van der Waals surface area (Å²) in [5.74, 6) is -0.258. The molecule has 0 aliphatic heterocycles. The SMILES string of the molecule is O=C(Nc1cccc(OCc2cccc(F)c2)c1)c1ccc(NC(=O)c2ccco2)cc1. The standard InChI is InChI=1S/C25H19FN2O4/c26-19-5-1-4-17(14-19)16-32-22-7-2-6-21(15-22)28-24(29)18-9-11-20(12-10-18)27-25(30)23-8-3-13-31-23/h1-15H,16H2,(H,27,30)(H,28,29). The molecule has 0 aliphatic carbocycles. The number of ether oxygens (including phenoxy) is 1. The van der Waals surface area contributed by atoms with Crippen molar-refractivity contribution in [1.82, 2.24) is 0 Å². The third kappa shape index (κ3) is 5.40. The van der Waals surface area contributed by atoms with Gasteiger partial charge in [0, 0.05) is 23.0 Å². The van der Waals surface area contributed by atoms with Gasteiger partial charge in [0.05, 0.1) is 6.26 Å². The number of carbonyl (C=O) groups is 2. The number of hydrogen-bond acceptors (Lipinski definition) is 4. The van der Waals surface area contributed by atoms with Crippen molar-refractivity contribution in [3.05, 3.63) is 114 Å². The van der Waals surface area contributed by atoms with Crippen molar-refractivity contribution in [1.29, 1.82) is 0 Å². The second-order valence-electron chi connectivity index (χ2n) is 6.91. The zero-order chi connectivity index (χ0) is 22.3. The maximum atomic E-state index is 13.3. The second-order valence-corrected chi connectivity index (χ2v) is 6.91. The summed E-state index contributed by atoms with van der Waals surface area (Å²) in [5.41, 5.74) is 2.23. The van der Waals surface area contributed by atoms with Crippen molar-refractivity contribution in [2.24, 2.45) is 0 Å². The van der Waals surface area contributed by atoms with E-state index < -0.39 is 0 Å². The summed E-state index contributed by atoms with van der Waals surface area (Å²) in [6, 6.07) is 22.8. The lowest BCUT2D eigenvalue weighted by Crippen LogP contribution is -2.13. The molecule has 4 rings (SSSR count). The minimum atomic E-state index is -0.373. The predicted octanol–water partition coefficient (Wildman–Crippen LogP) is 5.50. The van der Waals surface area contributed by atoms with Crippen molar-refractivity contribution in [2.75, 3.05) is 10.6 Å². The molecular weight excluding hydrogens is 411 g/mol. The van der Waals surface area contributed by atoms with Gasteiger partial charge in [0.2, 0.25) is 0 Å². The molecule has 1 heterocycles. The fourth-order valence-corrected chi connectivity index (χ4v) is 2.97. The Labute approximate surface area is 183 Å². The number of halogens is 1.